The van der Waals surface area contributed by atoms with Gasteiger partial charge in [-0.15, -0.1) is 0 Å². The molecule has 2 fully saturated rings. The van der Waals surface area contributed by atoms with Gasteiger partial charge in [0.05, 0.1) is 17.5 Å². The molecule has 3 atom stereocenters. The Balaban J connectivity index is 2.00. The van der Waals surface area contributed by atoms with Crippen LogP contribution >= 0.6 is 11.6 Å². The van der Waals surface area contributed by atoms with Crippen LogP contribution in [0.4, 0.5) is 5.69 Å². The molecule has 0 unspecified atom stereocenters. The van der Waals surface area contributed by atoms with Crippen LogP contribution in [0.5, 0.6) is 5.75 Å². The lowest BCUT2D eigenvalue weighted by Crippen LogP contribution is -2.30. The Bertz CT molecular complexity index is 586. The van der Waals surface area contributed by atoms with Crippen molar-refractivity contribution in [1.82, 2.24) is 0 Å². The quantitative estimate of drug-likeness (QED) is 0.810. The van der Waals surface area contributed by atoms with Gasteiger partial charge >= 0.3 is 0 Å². The highest BCUT2D eigenvalue weighted by molar-refractivity contribution is 6.31. The number of benzene rings is 1. The van der Waals surface area contributed by atoms with Gasteiger partial charge in [0, 0.05) is 5.02 Å². The van der Waals surface area contributed by atoms with Gasteiger partial charge in [-0.2, -0.15) is 0 Å². The van der Waals surface area contributed by atoms with Gasteiger partial charge in [0.2, 0.25) is 11.8 Å². The number of nitrogens with zero attached hydrogens (tertiary/aromatic N) is 1. The summed E-state index contributed by atoms with van der Waals surface area (Å²) in [6, 6.07) is 4.40. The molecule has 1 heterocycles. The van der Waals surface area contributed by atoms with Crippen molar-refractivity contribution in [3.05, 3.63) is 23.2 Å². The summed E-state index contributed by atoms with van der Waals surface area (Å²) in [5.74, 6) is -0.529. The van der Waals surface area contributed by atoms with Crippen LogP contribution in [0, 0.1) is 17.8 Å². The lowest BCUT2D eigenvalue weighted by Gasteiger charge is -2.25. The molecule has 1 aliphatic heterocycles. The van der Waals surface area contributed by atoms with Crippen molar-refractivity contribution in [2.24, 2.45) is 17.8 Å². The Morgan fingerprint density at radius 3 is 2.65 bits per heavy atom. The minimum atomic E-state index is -0.246. The molecule has 1 aromatic rings. The van der Waals surface area contributed by atoms with Gasteiger partial charge in [-0.3, -0.25) is 9.59 Å². The third-order valence-electron chi connectivity index (χ3n) is 4.37. The van der Waals surface area contributed by atoms with E-state index in [2.05, 4.69) is 6.92 Å². The Hall–Kier alpha value is -1.55. The van der Waals surface area contributed by atoms with Gasteiger partial charge in [-0.1, -0.05) is 18.5 Å². The van der Waals surface area contributed by atoms with E-state index < -0.39 is 0 Å². The number of phenolic OH excluding ortho intramolecular Hbond substituents is 1. The molecule has 1 N–H and O–H groups in total. The number of imide groups is 1. The summed E-state index contributed by atoms with van der Waals surface area (Å²) in [6.45, 7) is 2.10. The Morgan fingerprint density at radius 1 is 1.20 bits per heavy atom. The number of rotatable bonds is 1. The maximum Gasteiger partial charge on any atom is 0.237 e. The molecule has 0 spiro atoms. The summed E-state index contributed by atoms with van der Waals surface area (Å²) in [4.78, 5) is 26.1. The van der Waals surface area contributed by atoms with Gasteiger partial charge in [0.15, 0.2) is 0 Å². The molecule has 106 valence electrons. The van der Waals surface area contributed by atoms with E-state index in [0.717, 1.165) is 24.2 Å². The Morgan fingerprint density at radius 2 is 1.90 bits per heavy atom. The van der Waals surface area contributed by atoms with E-state index in [-0.39, 0.29) is 35.1 Å². The number of phenols is 1. The van der Waals surface area contributed by atoms with Crippen LogP contribution in [0.25, 0.3) is 0 Å². The van der Waals surface area contributed by atoms with Gasteiger partial charge in [-0.25, -0.2) is 4.90 Å². The fourth-order valence-electron chi connectivity index (χ4n) is 3.30. The molecule has 4 nitrogen and oxygen atoms in total. The molecule has 3 rings (SSSR count). The average molecular weight is 294 g/mol. The minimum Gasteiger partial charge on any atom is -0.506 e. The van der Waals surface area contributed by atoms with Crippen LogP contribution < -0.4 is 4.90 Å². The van der Waals surface area contributed by atoms with Crippen molar-refractivity contribution in [3.63, 3.8) is 0 Å². The number of hydrogen-bond acceptors (Lipinski definition) is 3. The first-order valence-corrected chi connectivity index (χ1v) is 7.23. The maximum absolute atomic E-state index is 12.5. The Kier molecular flexibility index (Phi) is 3.21. The molecule has 20 heavy (non-hydrogen) atoms. The molecule has 0 radical (unpaired) electrons. The summed E-state index contributed by atoms with van der Waals surface area (Å²) in [5, 5.41) is 10.3. The molecule has 2 amide bonds. The van der Waals surface area contributed by atoms with E-state index in [1.807, 2.05) is 0 Å². The minimum absolute atomic E-state index is 0.0946. The summed E-state index contributed by atoms with van der Waals surface area (Å²) >= 11 is 5.91. The van der Waals surface area contributed by atoms with Crippen molar-refractivity contribution in [3.8, 4) is 5.75 Å². The fraction of sp³-hybridized carbons (Fsp3) is 0.467. The number of halogens is 1. The van der Waals surface area contributed by atoms with Crippen molar-refractivity contribution in [2.75, 3.05) is 4.90 Å². The van der Waals surface area contributed by atoms with Gasteiger partial charge < -0.3 is 5.11 Å². The predicted octanol–water partition coefficient (Wildman–Crippen LogP) is 2.97. The van der Waals surface area contributed by atoms with E-state index in [1.165, 1.54) is 18.2 Å². The predicted molar refractivity (Wildman–Crippen MR) is 75.6 cm³/mol. The molecule has 1 aromatic carbocycles. The van der Waals surface area contributed by atoms with E-state index >= 15 is 0 Å². The lowest BCUT2D eigenvalue weighted by atomic mass is 9.76. The second-order valence-electron chi connectivity index (χ2n) is 5.78. The summed E-state index contributed by atoms with van der Waals surface area (Å²) < 4.78 is 0. The first-order valence-electron chi connectivity index (χ1n) is 6.85. The standard InChI is InChI=1S/C15H16ClNO3/c1-8-2-4-10-11(6-8)15(20)17(14(10)19)12-7-9(16)3-5-13(12)18/h3,5,7-8,10-11,18H,2,4,6H2,1H3/t8-,10-,11+/m1/s1. The highest BCUT2D eigenvalue weighted by Crippen LogP contribution is 2.44. The molecule has 5 heteroatoms. The first kappa shape index (κ1) is 13.4. The van der Waals surface area contributed by atoms with Gasteiger partial charge in [-0.05, 0) is 43.4 Å². The molecular weight excluding hydrogens is 278 g/mol. The van der Waals surface area contributed by atoms with Crippen LogP contribution in [-0.4, -0.2) is 16.9 Å². The molecule has 1 saturated heterocycles. The van der Waals surface area contributed by atoms with E-state index in [4.69, 9.17) is 11.6 Å². The number of carbonyl (C=O) groups excluding carboxylic acids is 2. The molecular formula is C15H16ClNO3. The average Bonchev–Trinajstić information content (AvgIpc) is 2.65. The number of amides is 2. The second-order valence-corrected chi connectivity index (χ2v) is 6.21. The van der Waals surface area contributed by atoms with Crippen molar-refractivity contribution < 1.29 is 14.7 Å². The van der Waals surface area contributed by atoms with Crippen LogP contribution in [-0.2, 0) is 9.59 Å². The first-order chi connectivity index (χ1) is 9.49. The fourth-order valence-corrected chi connectivity index (χ4v) is 3.47. The highest BCUT2D eigenvalue weighted by Gasteiger charge is 2.50. The summed E-state index contributed by atoms with van der Waals surface area (Å²) in [6.07, 6.45) is 2.46. The topological polar surface area (TPSA) is 57.6 Å². The second kappa shape index (κ2) is 4.77. The zero-order chi connectivity index (χ0) is 14.4. The third kappa shape index (κ3) is 1.99. The summed E-state index contributed by atoms with van der Waals surface area (Å²) in [7, 11) is 0. The van der Waals surface area contributed by atoms with Crippen LogP contribution in [0.1, 0.15) is 26.2 Å². The molecule has 1 aliphatic carbocycles. The monoisotopic (exact) mass is 293 g/mol. The SMILES string of the molecule is C[C@@H]1CC[C@H]2C(=O)N(c3cc(Cl)ccc3O)C(=O)[C@H]2C1. The zero-order valence-corrected chi connectivity index (χ0v) is 11.9. The zero-order valence-electron chi connectivity index (χ0n) is 11.2. The van der Waals surface area contributed by atoms with Crippen LogP contribution in [0.15, 0.2) is 18.2 Å². The largest absolute Gasteiger partial charge is 0.506 e. The normalized spacial score (nSPS) is 29.7. The van der Waals surface area contributed by atoms with E-state index in [0.29, 0.717) is 10.9 Å². The number of hydrogen-bond donors (Lipinski definition) is 1. The molecule has 1 saturated carbocycles. The maximum atomic E-state index is 12.5. The smallest absolute Gasteiger partial charge is 0.237 e. The number of aromatic hydroxyl groups is 1. The van der Waals surface area contributed by atoms with Crippen LogP contribution in [0.3, 0.4) is 0 Å². The highest BCUT2D eigenvalue weighted by atomic mass is 35.5. The van der Waals surface area contributed by atoms with E-state index in [9.17, 15) is 14.7 Å². The van der Waals surface area contributed by atoms with Crippen molar-refractivity contribution in [2.45, 2.75) is 26.2 Å². The van der Waals surface area contributed by atoms with Crippen LogP contribution in [0.2, 0.25) is 5.02 Å². The number of carbonyl (C=O) groups is 2. The van der Waals surface area contributed by atoms with Gasteiger partial charge in [0.25, 0.3) is 0 Å². The van der Waals surface area contributed by atoms with Crippen molar-refractivity contribution >= 4 is 29.1 Å². The number of anilines is 1. The van der Waals surface area contributed by atoms with E-state index in [1.54, 1.807) is 0 Å². The molecule has 2 aliphatic rings. The molecule has 0 aromatic heterocycles. The van der Waals surface area contributed by atoms with Gasteiger partial charge in [0.1, 0.15) is 5.75 Å². The lowest BCUT2D eigenvalue weighted by molar-refractivity contribution is -0.122. The summed E-state index contributed by atoms with van der Waals surface area (Å²) in [5.41, 5.74) is 0.203. The van der Waals surface area contributed by atoms with Crippen molar-refractivity contribution in [1.29, 1.82) is 0 Å². The Labute approximate surface area is 122 Å². The third-order valence-corrected chi connectivity index (χ3v) is 4.60. The number of fused-ring (bicyclic) bond motifs is 1. The molecule has 0 bridgehead atoms.